The molecule has 3 aliphatic carbocycles. The van der Waals surface area contributed by atoms with Gasteiger partial charge in [0.15, 0.2) is 0 Å². The van der Waals surface area contributed by atoms with Crippen molar-refractivity contribution in [3.63, 3.8) is 0 Å². The van der Waals surface area contributed by atoms with Crippen molar-refractivity contribution >= 4 is 34.7 Å². The van der Waals surface area contributed by atoms with Crippen LogP contribution in [-0.4, -0.2) is 36.1 Å². The van der Waals surface area contributed by atoms with Crippen molar-refractivity contribution in [1.29, 1.82) is 0 Å². The number of carbonyl (C=O) groups is 3. The van der Waals surface area contributed by atoms with Gasteiger partial charge in [0.1, 0.15) is 18.2 Å². The molecule has 3 saturated carbocycles. The molecule has 2 N–H and O–H groups in total. The van der Waals surface area contributed by atoms with Crippen LogP contribution in [0.4, 0.5) is 4.39 Å². The van der Waals surface area contributed by atoms with E-state index in [9.17, 15) is 19.5 Å². The summed E-state index contributed by atoms with van der Waals surface area (Å²) in [5, 5.41) is 14.9. The standard InChI is InChI=1S/C36H38FNO6/c1-36(35(42)44-20-25-8-5-7-22-6-3-4-9-27(22)25)14-12-21(13-15-36)16-26-18-28(30(43-2)19-29(26)37)33(39)38-32-24-11-10-23(17-24)31(32)34(40)41/h3-9,16,18-19,23-24,31-32H,10-15,17,20H2,1-2H3,(H,38,39)(H,40,41). The molecule has 0 aliphatic heterocycles. The second kappa shape index (κ2) is 12.1. The lowest BCUT2D eigenvalue weighted by Crippen LogP contribution is -2.46. The lowest BCUT2D eigenvalue weighted by atomic mass is 9.73. The lowest BCUT2D eigenvalue weighted by molar-refractivity contribution is -0.157. The van der Waals surface area contributed by atoms with E-state index in [1.54, 1.807) is 6.08 Å². The largest absolute Gasteiger partial charge is 0.496 e. The van der Waals surface area contributed by atoms with Gasteiger partial charge in [0.05, 0.1) is 24.0 Å². The summed E-state index contributed by atoms with van der Waals surface area (Å²) in [6.45, 7) is 2.13. The number of halogens is 1. The number of nitrogens with one attached hydrogen (secondary N) is 1. The predicted molar refractivity (Wildman–Crippen MR) is 164 cm³/mol. The number of fused-ring (bicyclic) bond motifs is 3. The second-order valence-electron chi connectivity index (χ2n) is 12.8. The van der Waals surface area contributed by atoms with Crippen LogP contribution in [0.3, 0.4) is 0 Å². The summed E-state index contributed by atoms with van der Waals surface area (Å²) >= 11 is 0. The van der Waals surface area contributed by atoms with Gasteiger partial charge in [0.2, 0.25) is 0 Å². The van der Waals surface area contributed by atoms with E-state index in [2.05, 4.69) is 5.32 Å². The summed E-state index contributed by atoms with van der Waals surface area (Å²) in [7, 11) is 1.38. The minimum absolute atomic E-state index is 0.0747. The summed E-state index contributed by atoms with van der Waals surface area (Å²) in [5.74, 6) is -2.41. The van der Waals surface area contributed by atoms with E-state index < -0.39 is 35.1 Å². The van der Waals surface area contributed by atoms with Crippen LogP contribution in [0.2, 0.25) is 0 Å². The Bertz CT molecular complexity index is 1630. The molecule has 3 aromatic carbocycles. The molecule has 44 heavy (non-hydrogen) atoms. The van der Waals surface area contributed by atoms with Gasteiger partial charge in [-0.25, -0.2) is 4.39 Å². The van der Waals surface area contributed by atoms with Crippen molar-refractivity contribution in [2.75, 3.05) is 7.11 Å². The molecule has 6 rings (SSSR count). The Morgan fingerprint density at radius 3 is 2.52 bits per heavy atom. The smallest absolute Gasteiger partial charge is 0.312 e. The van der Waals surface area contributed by atoms with E-state index in [1.165, 1.54) is 19.2 Å². The first-order valence-electron chi connectivity index (χ1n) is 15.4. The molecule has 0 radical (unpaired) electrons. The topological polar surface area (TPSA) is 102 Å². The highest BCUT2D eigenvalue weighted by molar-refractivity contribution is 5.98. The number of carbonyl (C=O) groups excluding carboxylic acids is 2. The minimum atomic E-state index is -0.888. The van der Waals surface area contributed by atoms with Gasteiger partial charge in [-0.3, -0.25) is 14.4 Å². The van der Waals surface area contributed by atoms with Gasteiger partial charge in [-0.15, -0.1) is 0 Å². The molecule has 4 unspecified atom stereocenters. The third-order valence-electron chi connectivity index (χ3n) is 10.1. The number of carboxylic acid groups (broad SMARTS) is 1. The quantitative estimate of drug-likeness (QED) is 0.273. The van der Waals surface area contributed by atoms with Gasteiger partial charge in [0.25, 0.3) is 5.91 Å². The van der Waals surface area contributed by atoms with Crippen LogP contribution in [0, 0.1) is 29.0 Å². The van der Waals surface area contributed by atoms with Crippen LogP contribution in [0.15, 0.2) is 60.2 Å². The van der Waals surface area contributed by atoms with Crippen molar-refractivity contribution in [2.24, 2.45) is 23.2 Å². The first-order valence-corrected chi connectivity index (χ1v) is 15.4. The Hall–Kier alpha value is -4.20. The van der Waals surface area contributed by atoms with Crippen molar-refractivity contribution in [1.82, 2.24) is 5.32 Å². The van der Waals surface area contributed by atoms with Gasteiger partial charge in [-0.2, -0.15) is 0 Å². The Labute approximate surface area is 256 Å². The zero-order chi connectivity index (χ0) is 31.0. The number of hydrogen-bond acceptors (Lipinski definition) is 5. The first kappa shape index (κ1) is 29.9. The Kier molecular flexibility index (Phi) is 8.18. The van der Waals surface area contributed by atoms with Gasteiger partial charge >= 0.3 is 11.9 Å². The number of rotatable bonds is 8. The molecule has 230 valence electrons. The Balaban J connectivity index is 1.13. The molecule has 2 bridgehead atoms. The monoisotopic (exact) mass is 599 g/mol. The molecule has 0 heterocycles. The fourth-order valence-corrected chi connectivity index (χ4v) is 7.54. The number of methoxy groups -OCH3 is 1. The molecule has 1 amide bonds. The molecule has 0 aromatic heterocycles. The summed E-state index contributed by atoms with van der Waals surface area (Å²) in [6.07, 6.45) is 6.65. The molecule has 8 heteroatoms. The highest BCUT2D eigenvalue weighted by Gasteiger charge is 2.51. The number of allylic oxidation sites excluding steroid dienone is 1. The first-order chi connectivity index (χ1) is 21.2. The van der Waals surface area contributed by atoms with Crippen LogP contribution in [0.25, 0.3) is 16.8 Å². The van der Waals surface area contributed by atoms with Crippen molar-refractivity contribution in [3.8, 4) is 5.75 Å². The average Bonchev–Trinajstić information content (AvgIpc) is 3.64. The molecule has 0 saturated heterocycles. The Morgan fingerprint density at radius 2 is 1.77 bits per heavy atom. The second-order valence-corrected chi connectivity index (χ2v) is 12.8. The maximum absolute atomic E-state index is 15.2. The van der Waals surface area contributed by atoms with Crippen LogP contribution in [0.1, 0.15) is 73.4 Å². The molecular formula is C36H38FNO6. The predicted octanol–water partition coefficient (Wildman–Crippen LogP) is 6.92. The van der Waals surface area contributed by atoms with Crippen LogP contribution < -0.4 is 10.1 Å². The fourth-order valence-electron chi connectivity index (χ4n) is 7.54. The molecule has 7 nitrogen and oxygen atoms in total. The maximum Gasteiger partial charge on any atom is 0.312 e. The summed E-state index contributed by atoms with van der Waals surface area (Å²) in [5.41, 5.74) is 1.73. The van der Waals surface area contributed by atoms with Gasteiger partial charge < -0.3 is 19.9 Å². The molecule has 4 atom stereocenters. The molecule has 3 aliphatic rings. The van der Waals surface area contributed by atoms with Crippen LogP contribution in [0.5, 0.6) is 5.75 Å². The zero-order valence-corrected chi connectivity index (χ0v) is 25.1. The molecule has 0 spiro atoms. The Morgan fingerprint density at radius 1 is 1.05 bits per heavy atom. The summed E-state index contributed by atoms with van der Waals surface area (Å²) in [4.78, 5) is 38.5. The zero-order valence-electron chi connectivity index (χ0n) is 25.1. The van der Waals surface area contributed by atoms with E-state index in [0.29, 0.717) is 25.7 Å². The van der Waals surface area contributed by atoms with E-state index in [1.807, 2.05) is 49.4 Å². The lowest BCUT2D eigenvalue weighted by Gasteiger charge is -2.32. The van der Waals surface area contributed by atoms with E-state index in [0.717, 1.165) is 41.2 Å². The number of ether oxygens (including phenoxy) is 2. The maximum atomic E-state index is 15.2. The van der Waals surface area contributed by atoms with E-state index in [4.69, 9.17) is 9.47 Å². The molecule has 3 aromatic rings. The SMILES string of the molecule is COc1cc(F)c(C=C2CCC(C)(C(=O)OCc3cccc4ccccc34)CC2)cc1C(=O)NC1C2CCC(C2)C1C(=O)O. The number of benzene rings is 3. The van der Waals surface area contributed by atoms with E-state index in [-0.39, 0.29) is 41.3 Å². The third-order valence-corrected chi connectivity index (χ3v) is 10.1. The fraction of sp³-hybridized carbons (Fsp3) is 0.417. The summed E-state index contributed by atoms with van der Waals surface area (Å²) in [6, 6.07) is 16.2. The van der Waals surface area contributed by atoms with Crippen molar-refractivity contribution < 1.29 is 33.4 Å². The van der Waals surface area contributed by atoms with Crippen LogP contribution in [-0.2, 0) is 20.9 Å². The van der Waals surface area contributed by atoms with E-state index >= 15 is 4.39 Å². The number of hydrogen-bond donors (Lipinski definition) is 2. The number of esters is 1. The summed E-state index contributed by atoms with van der Waals surface area (Å²) < 4.78 is 26.3. The highest BCUT2D eigenvalue weighted by atomic mass is 19.1. The number of amides is 1. The highest BCUT2D eigenvalue weighted by Crippen LogP contribution is 2.49. The van der Waals surface area contributed by atoms with Gasteiger partial charge in [0, 0.05) is 17.7 Å². The molecule has 3 fully saturated rings. The van der Waals surface area contributed by atoms with Gasteiger partial charge in [-0.05, 0) is 86.1 Å². The molecular weight excluding hydrogens is 561 g/mol. The van der Waals surface area contributed by atoms with Crippen LogP contribution >= 0.6 is 0 Å². The number of aliphatic carboxylic acids is 1. The average molecular weight is 600 g/mol. The minimum Gasteiger partial charge on any atom is -0.496 e. The number of carboxylic acids is 1. The van der Waals surface area contributed by atoms with Gasteiger partial charge in [-0.1, -0.05) is 54.1 Å². The van der Waals surface area contributed by atoms with Crippen molar-refractivity contribution in [2.45, 2.75) is 64.5 Å². The van der Waals surface area contributed by atoms with Crippen molar-refractivity contribution in [3.05, 3.63) is 82.7 Å². The third kappa shape index (κ3) is 5.70. The normalized spacial score (nSPS) is 25.9.